The molecule has 0 N–H and O–H groups in total. The molecule has 0 aromatic heterocycles. The number of hydrogen-bond donors (Lipinski definition) is 0. The molecule has 10 heteroatoms. The van der Waals surface area contributed by atoms with Crippen molar-refractivity contribution in [1.82, 2.24) is 4.31 Å². The van der Waals surface area contributed by atoms with Crippen molar-refractivity contribution >= 4 is 45.1 Å². The van der Waals surface area contributed by atoms with Gasteiger partial charge in [-0.05, 0) is 38.1 Å². The summed E-state index contributed by atoms with van der Waals surface area (Å²) < 4.78 is 36.5. The van der Waals surface area contributed by atoms with E-state index in [0.29, 0.717) is 4.31 Å². The zero-order valence-electron chi connectivity index (χ0n) is 14.8. The van der Waals surface area contributed by atoms with Crippen molar-refractivity contribution in [2.24, 2.45) is 0 Å². The number of halogens is 2. The molecule has 0 fully saturated rings. The predicted molar refractivity (Wildman–Crippen MR) is 102 cm³/mol. The van der Waals surface area contributed by atoms with Gasteiger partial charge in [-0.15, -0.1) is 0 Å². The van der Waals surface area contributed by atoms with Crippen LogP contribution in [0.3, 0.4) is 0 Å². The Bertz CT molecular complexity index is 1050. The summed E-state index contributed by atoms with van der Waals surface area (Å²) in [5, 5.41) is 0.0908. The summed E-state index contributed by atoms with van der Waals surface area (Å²) in [6.45, 7) is 2.68. The minimum absolute atomic E-state index is 0.0454. The van der Waals surface area contributed by atoms with E-state index in [2.05, 4.69) is 0 Å². The van der Waals surface area contributed by atoms with E-state index in [1.54, 1.807) is 19.9 Å². The van der Waals surface area contributed by atoms with Gasteiger partial charge >= 0.3 is 5.97 Å². The summed E-state index contributed by atoms with van der Waals surface area (Å²) in [6.07, 6.45) is -0.267. The molecule has 3 rings (SSSR count). The van der Waals surface area contributed by atoms with Crippen LogP contribution in [0, 0.1) is 0 Å². The quantitative estimate of drug-likeness (QED) is 0.653. The Morgan fingerprint density at radius 1 is 1.11 bits per heavy atom. The highest BCUT2D eigenvalue weighted by Gasteiger charge is 2.44. The van der Waals surface area contributed by atoms with E-state index in [0.717, 1.165) is 0 Å². The molecule has 28 heavy (non-hydrogen) atoms. The summed E-state index contributed by atoms with van der Waals surface area (Å²) >= 11 is 11.9. The van der Waals surface area contributed by atoms with Crippen LogP contribution in [0.5, 0.6) is 5.75 Å². The van der Waals surface area contributed by atoms with Crippen LogP contribution in [-0.2, 0) is 14.8 Å². The molecule has 2 aromatic rings. The van der Waals surface area contributed by atoms with Gasteiger partial charge in [-0.25, -0.2) is 13.2 Å². The van der Waals surface area contributed by atoms with E-state index in [4.69, 9.17) is 32.7 Å². The molecular weight excluding hydrogens is 429 g/mol. The highest BCUT2D eigenvalue weighted by molar-refractivity contribution is 7.90. The van der Waals surface area contributed by atoms with Gasteiger partial charge in [-0.2, -0.15) is 4.31 Å². The highest BCUT2D eigenvalue weighted by atomic mass is 35.5. The highest BCUT2D eigenvalue weighted by Crippen LogP contribution is 2.36. The number of sulfonamides is 1. The zero-order valence-corrected chi connectivity index (χ0v) is 17.1. The zero-order chi connectivity index (χ0) is 20.6. The number of amides is 1. The smallest absolute Gasteiger partial charge is 0.342 e. The second-order valence-electron chi connectivity index (χ2n) is 6.11. The SMILES string of the molecule is CC(C)Oc1cccc2c1C(=O)N(COC(=O)c1c(Cl)cccc1Cl)S2(=O)=O. The number of esters is 1. The van der Waals surface area contributed by atoms with Crippen LogP contribution in [-0.4, -0.2) is 37.4 Å². The number of fused-ring (bicyclic) bond motifs is 1. The molecule has 0 aliphatic carbocycles. The molecule has 1 heterocycles. The van der Waals surface area contributed by atoms with Crippen LogP contribution < -0.4 is 4.74 Å². The van der Waals surface area contributed by atoms with Gasteiger partial charge in [0, 0.05) is 0 Å². The van der Waals surface area contributed by atoms with Gasteiger partial charge in [0.25, 0.3) is 15.9 Å². The van der Waals surface area contributed by atoms with Gasteiger partial charge in [0.2, 0.25) is 0 Å². The first-order valence-electron chi connectivity index (χ1n) is 8.12. The molecule has 148 valence electrons. The normalized spacial score (nSPS) is 14.9. The van der Waals surface area contributed by atoms with E-state index >= 15 is 0 Å². The van der Waals surface area contributed by atoms with Gasteiger partial charge in [-0.3, -0.25) is 4.79 Å². The topological polar surface area (TPSA) is 90.0 Å². The molecule has 1 amide bonds. The molecule has 0 spiro atoms. The molecular formula is C18H15Cl2NO6S. The van der Waals surface area contributed by atoms with Crippen LogP contribution in [0.2, 0.25) is 10.0 Å². The van der Waals surface area contributed by atoms with E-state index in [-0.39, 0.29) is 37.9 Å². The molecule has 0 saturated carbocycles. The molecule has 1 aliphatic heterocycles. The fourth-order valence-electron chi connectivity index (χ4n) is 2.65. The lowest BCUT2D eigenvalue weighted by Crippen LogP contribution is -2.33. The molecule has 0 bridgehead atoms. The maximum atomic E-state index is 12.7. The van der Waals surface area contributed by atoms with Crippen molar-refractivity contribution in [2.75, 3.05) is 6.73 Å². The van der Waals surface area contributed by atoms with Crippen molar-refractivity contribution in [3.8, 4) is 5.75 Å². The minimum atomic E-state index is -4.19. The summed E-state index contributed by atoms with van der Waals surface area (Å²) in [4.78, 5) is 24.8. The molecule has 0 unspecified atom stereocenters. The second-order valence-corrected chi connectivity index (χ2v) is 8.76. The van der Waals surface area contributed by atoms with Crippen molar-refractivity contribution in [3.05, 3.63) is 57.6 Å². The maximum Gasteiger partial charge on any atom is 0.342 e. The number of hydrogen-bond acceptors (Lipinski definition) is 6. The first kappa shape index (κ1) is 20.4. The van der Waals surface area contributed by atoms with E-state index < -0.39 is 28.6 Å². The first-order valence-corrected chi connectivity index (χ1v) is 10.3. The van der Waals surface area contributed by atoms with Crippen molar-refractivity contribution in [2.45, 2.75) is 24.8 Å². The Morgan fingerprint density at radius 2 is 1.71 bits per heavy atom. The Balaban J connectivity index is 1.88. The number of carbonyl (C=O) groups excluding carboxylic acids is 2. The van der Waals surface area contributed by atoms with E-state index in [9.17, 15) is 18.0 Å². The predicted octanol–water partition coefficient (Wildman–Crippen LogP) is 3.74. The van der Waals surface area contributed by atoms with Crippen LogP contribution >= 0.6 is 23.2 Å². The van der Waals surface area contributed by atoms with E-state index in [1.807, 2.05) is 0 Å². The van der Waals surface area contributed by atoms with Gasteiger partial charge in [-0.1, -0.05) is 35.3 Å². The molecule has 1 aliphatic rings. The Morgan fingerprint density at radius 3 is 2.32 bits per heavy atom. The third-order valence-corrected chi connectivity index (χ3v) is 6.22. The fraction of sp³-hybridized carbons (Fsp3) is 0.222. The Labute approximate surface area is 171 Å². The lowest BCUT2D eigenvalue weighted by Gasteiger charge is -2.16. The maximum absolute atomic E-state index is 12.7. The van der Waals surface area contributed by atoms with Crippen LogP contribution in [0.1, 0.15) is 34.6 Å². The van der Waals surface area contributed by atoms with Crippen LogP contribution in [0.4, 0.5) is 0 Å². The number of rotatable bonds is 5. The molecule has 7 nitrogen and oxygen atoms in total. The minimum Gasteiger partial charge on any atom is -0.490 e. The average Bonchev–Trinajstić information content (AvgIpc) is 2.79. The lowest BCUT2D eigenvalue weighted by molar-refractivity contribution is 0.0358. The van der Waals surface area contributed by atoms with Gasteiger partial charge in [0.05, 0.1) is 21.7 Å². The van der Waals surface area contributed by atoms with Crippen LogP contribution in [0.25, 0.3) is 0 Å². The van der Waals surface area contributed by atoms with E-state index in [1.165, 1.54) is 30.3 Å². The Kier molecular flexibility index (Phi) is 5.56. The van der Waals surface area contributed by atoms with Crippen LogP contribution in [0.15, 0.2) is 41.3 Å². The second kappa shape index (κ2) is 7.62. The third kappa shape index (κ3) is 3.55. The van der Waals surface area contributed by atoms with Gasteiger partial charge in [0.1, 0.15) is 16.2 Å². The molecule has 0 atom stereocenters. The van der Waals surface area contributed by atoms with Gasteiger partial charge in [0.15, 0.2) is 6.73 Å². The third-order valence-electron chi connectivity index (χ3n) is 3.84. The molecule has 0 radical (unpaired) electrons. The summed E-state index contributed by atoms with van der Waals surface area (Å²) in [5.41, 5.74) is -0.209. The summed E-state index contributed by atoms with van der Waals surface area (Å²) in [6, 6.07) is 8.69. The van der Waals surface area contributed by atoms with Gasteiger partial charge < -0.3 is 9.47 Å². The number of benzene rings is 2. The summed E-state index contributed by atoms with van der Waals surface area (Å²) in [7, 11) is -4.19. The first-order chi connectivity index (χ1) is 13.1. The molecule has 2 aromatic carbocycles. The molecule has 0 saturated heterocycles. The van der Waals surface area contributed by atoms with Crippen molar-refractivity contribution in [1.29, 1.82) is 0 Å². The number of ether oxygens (including phenoxy) is 2. The number of nitrogens with zero attached hydrogens (tertiary/aromatic N) is 1. The Hall–Kier alpha value is -2.29. The monoisotopic (exact) mass is 443 g/mol. The fourth-order valence-corrected chi connectivity index (χ4v) is 4.64. The average molecular weight is 444 g/mol. The summed E-state index contributed by atoms with van der Waals surface area (Å²) in [5.74, 6) is -1.65. The number of carbonyl (C=O) groups is 2. The standard InChI is InChI=1S/C18H15Cl2NO6S/c1-10(2)27-13-7-4-8-14-16(13)17(22)21(28(14,24)25)9-26-18(23)15-11(19)5-3-6-12(15)20/h3-8,10H,9H2,1-2H3. The largest absolute Gasteiger partial charge is 0.490 e. The van der Waals surface area contributed by atoms with Crippen molar-refractivity contribution in [3.63, 3.8) is 0 Å². The van der Waals surface area contributed by atoms with Crippen molar-refractivity contribution < 1.29 is 27.5 Å². The lowest BCUT2D eigenvalue weighted by atomic mass is 10.2.